The van der Waals surface area contributed by atoms with Gasteiger partial charge in [-0.1, -0.05) is 5.11 Å². The first kappa shape index (κ1) is 7.31. The van der Waals surface area contributed by atoms with E-state index in [0.717, 1.165) is 0 Å². The Balaban J connectivity index is 2.42. The van der Waals surface area contributed by atoms with Crippen LogP contribution in [0.15, 0.2) is 5.11 Å². The maximum atomic E-state index is 13.2. The van der Waals surface area contributed by atoms with Gasteiger partial charge in [-0.05, 0) is 18.5 Å². The van der Waals surface area contributed by atoms with Crippen molar-refractivity contribution < 1.29 is 4.39 Å². The van der Waals surface area contributed by atoms with Crippen molar-refractivity contribution in [1.82, 2.24) is 5.32 Å². The van der Waals surface area contributed by atoms with Gasteiger partial charge >= 0.3 is 0 Å². The molecule has 1 aliphatic heterocycles. The first-order valence-corrected chi connectivity index (χ1v) is 3.17. The fraction of sp³-hybridized carbons (Fsp3) is 1.00. The second kappa shape index (κ2) is 2.86. The predicted octanol–water partition coefficient (Wildman–Crippen LogP) is 0.998. The van der Waals surface area contributed by atoms with Gasteiger partial charge in [-0.25, -0.2) is 4.39 Å². The molecule has 0 aromatic rings. The van der Waals surface area contributed by atoms with Gasteiger partial charge in [0.2, 0.25) is 0 Å². The molecule has 0 aliphatic carbocycles. The van der Waals surface area contributed by atoms with Crippen LogP contribution in [0.5, 0.6) is 0 Å². The zero-order chi connectivity index (χ0) is 7.45. The summed E-state index contributed by atoms with van der Waals surface area (Å²) in [6, 6.07) is 0. The Morgan fingerprint density at radius 2 is 2.60 bits per heavy atom. The van der Waals surface area contributed by atoms with Crippen molar-refractivity contribution in [2.24, 2.45) is 5.11 Å². The smallest absolute Gasteiger partial charge is 0.130 e. The second-order valence-corrected chi connectivity index (χ2v) is 2.47. The van der Waals surface area contributed by atoms with Gasteiger partial charge in [0.05, 0.1) is 6.54 Å². The van der Waals surface area contributed by atoms with Gasteiger partial charge in [0.1, 0.15) is 5.67 Å². The molecule has 1 rings (SSSR count). The summed E-state index contributed by atoms with van der Waals surface area (Å²) in [5.74, 6) is 0. The highest BCUT2D eigenvalue weighted by molar-refractivity contribution is 4.90. The molecule has 10 heavy (non-hydrogen) atoms. The fourth-order valence-electron chi connectivity index (χ4n) is 1.01. The fourth-order valence-corrected chi connectivity index (χ4v) is 1.01. The zero-order valence-electron chi connectivity index (χ0n) is 5.55. The molecule has 0 radical (unpaired) electrons. The third kappa shape index (κ3) is 1.59. The Morgan fingerprint density at radius 3 is 3.10 bits per heavy atom. The van der Waals surface area contributed by atoms with E-state index in [2.05, 4.69) is 15.3 Å². The maximum Gasteiger partial charge on any atom is 0.130 e. The molecule has 0 aromatic heterocycles. The number of rotatable bonds is 2. The van der Waals surface area contributed by atoms with Gasteiger partial charge in [0, 0.05) is 11.5 Å². The second-order valence-electron chi connectivity index (χ2n) is 2.47. The summed E-state index contributed by atoms with van der Waals surface area (Å²) in [5, 5.41) is 6.05. The topological polar surface area (TPSA) is 60.8 Å². The van der Waals surface area contributed by atoms with E-state index in [1.165, 1.54) is 0 Å². The molecule has 0 aromatic carbocycles. The Morgan fingerprint density at radius 1 is 1.80 bits per heavy atom. The molecule has 1 unspecified atom stereocenters. The maximum absolute atomic E-state index is 13.2. The summed E-state index contributed by atoms with van der Waals surface area (Å²) < 4.78 is 13.2. The first-order chi connectivity index (χ1) is 4.77. The lowest BCUT2D eigenvalue weighted by molar-refractivity contribution is 0.201. The van der Waals surface area contributed by atoms with Gasteiger partial charge in [0.15, 0.2) is 0 Å². The van der Waals surface area contributed by atoms with Crippen molar-refractivity contribution in [2.75, 3.05) is 19.6 Å². The molecule has 4 nitrogen and oxygen atoms in total. The number of nitrogens with one attached hydrogen (secondary N) is 1. The van der Waals surface area contributed by atoms with Crippen LogP contribution < -0.4 is 5.32 Å². The summed E-state index contributed by atoms with van der Waals surface area (Å²) in [5.41, 5.74) is 6.63. The lowest BCUT2D eigenvalue weighted by atomic mass is 10.1. The van der Waals surface area contributed by atoms with E-state index in [4.69, 9.17) is 5.53 Å². The van der Waals surface area contributed by atoms with Crippen LogP contribution in [-0.4, -0.2) is 25.3 Å². The van der Waals surface area contributed by atoms with Crippen LogP contribution in [0.1, 0.15) is 6.42 Å². The molecular weight excluding hydrogens is 135 g/mol. The molecule has 0 saturated carbocycles. The van der Waals surface area contributed by atoms with E-state index in [9.17, 15) is 4.39 Å². The van der Waals surface area contributed by atoms with Gasteiger partial charge in [-0.2, -0.15) is 0 Å². The van der Waals surface area contributed by atoms with Gasteiger partial charge in [-0.3, -0.25) is 0 Å². The average molecular weight is 144 g/mol. The Labute approximate surface area is 58.0 Å². The van der Waals surface area contributed by atoms with Gasteiger partial charge < -0.3 is 5.32 Å². The highest BCUT2D eigenvalue weighted by Crippen LogP contribution is 2.19. The van der Waals surface area contributed by atoms with Crippen LogP contribution in [0.2, 0.25) is 0 Å². The molecule has 0 spiro atoms. The largest absolute Gasteiger partial charge is 0.313 e. The lowest BCUT2D eigenvalue weighted by Gasteiger charge is -2.13. The Hall–Kier alpha value is -0.800. The molecule has 0 amide bonds. The summed E-state index contributed by atoms with van der Waals surface area (Å²) in [7, 11) is 0. The average Bonchev–Trinajstić information content (AvgIpc) is 2.33. The number of halogens is 1. The van der Waals surface area contributed by atoms with E-state index in [1.54, 1.807) is 0 Å². The van der Waals surface area contributed by atoms with Crippen LogP contribution in [0.3, 0.4) is 0 Å². The molecule has 1 atom stereocenters. The van der Waals surface area contributed by atoms with Crippen LogP contribution >= 0.6 is 0 Å². The van der Waals surface area contributed by atoms with Gasteiger partial charge in [-0.15, -0.1) is 0 Å². The Kier molecular flexibility index (Phi) is 2.09. The number of alkyl halides is 1. The third-order valence-electron chi connectivity index (χ3n) is 1.61. The van der Waals surface area contributed by atoms with Crippen LogP contribution in [0.4, 0.5) is 4.39 Å². The molecule has 1 heterocycles. The van der Waals surface area contributed by atoms with Crippen molar-refractivity contribution in [1.29, 1.82) is 0 Å². The minimum Gasteiger partial charge on any atom is -0.313 e. The monoisotopic (exact) mass is 144 g/mol. The zero-order valence-corrected chi connectivity index (χ0v) is 5.55. The number of hydrogen-bond acceptors (Lipinski definition) is 2. The normalized spacial score (nSPS) is 31.7. The predicted molar refractivity (Wildman–Crippen MR) is 35.3 cm³/mol. The molecule has 1 fully saturated rings. The molecule has 1 N–H and O–H groups in total. The highest BCUT2D eigenvalue weighted by atomic mass is 19.1. The standard InChI is InChI=1S/C5H9FN4/c6-5(4-9-10-7)1-2-8-3-5/h8H,1-4H2. The van der Waals surface area contributed by atoms with Crippen LogP contribution in [0, 0.1) is 0 Å². The number of hydrogen-bond donors (Lipinski definition) is 1. The van der Waals surface area contributed by atoms with Crippen molar-refractivity contribution in [3.63, 3.8) is 0 Å². The quantitative estimate of drug-likeness (QED) is 0.350. The Bertz CT molecular complexity index is 157. The van der Waals surface area contributed by atoms with Crippen molar-refractivity contribution in [3.8, 4) is 0 Å². The molecule has 1 aliphatic rings. The van der Waals surface area contributed by atoms with Crippen molar-refractivity contribution in [2.45, 2.75) is 12.1 Å². The van der Waals surface area contributed by atoms with E-state index >= 15 is 0 Å². The molecule has 5 heteroatoms. The number of azide groups is 1. The minimum atomic E-state index is -1.29. The lowest BCUT2D eigenvalue weighted by Crippen LogP contribution is -2.29. The SMILES string of the molecule is [N-]=[N+]=NCC1(F)CCNC1. The summed E-state index contributed by atoms with van der Waals surface area (Å²) in [4.78, 5) is 2.50. The molecule has 1 saturated heterocycles. The first-order valence-electron chi connectivity index (χ1n) is 3.17. The number of nitrogens with zero attached hydrogens (tertiary/aromatic N) is 3. The van der Waals surface area contributed by atoms with Gasteiger partial charge in [0.25, 0.3) is 0 Å². The molecule has 56 valence electrons. The van der Waals surface area contributed by atoms with Crippen LogP contribution in [-0.2, 0) is 0 Å². The summed E-state index contributed by atoms with van der Waals surface area (Å²) >= 11 is 0. The van der Waals surface area contributed by atoms with E-state index in [1.807, 2.05) is 0 Å². The summed E-state index contributed by atoms with van der Waals surface area (Å²) in [6.45, 7) is 0.944. The highest BCUT2D eigenvalue weighted by Gasteiger charge is 2.32. The molecular formula is C5H9FN4. The van der Waals surface area contributed by atoms with Crippen LogP contribution in [0.25, 0.3) is 10.4 Å². The van der Waals surface area contributed by atoms with E-state index in [0.29, 0.717) is 19.5 Å². The molecule has 0 bridgehead atoms. The minimum absolute atomic E-state index is 0.0451. The van der Waals surface area contributed by atoms with E-state index < -0.39 is 5.67 Å². The summed E-state index contributed by atoms with van der Waals surface area (Å²) in [6.07, 6.45) is 0.450. The van der Waals surface area contributed by atoms with Crippen molar-refractivity contribution >= 4 is 0 Å². The third-order valence-corrected chi connectivity index (χ3v) is 1.61. The van der Waals surface area contributed by atoms with E-state index in [-0.39, 0.29) is 6.54 Å². The van der Waals surface area contributed by atoms with Crippen molar-refractivity contribution in [3.05, 3.63) is 10.4 Å².